The predicted octanol–water partition coefficient (Wildman–Crippen LogP) is 5.85. The third kappa shape index (κ3) is 17.7. The molecule has 0 bridgehead atoms. The van der Waals surface area contributed by atoms with Crippen LogP contribution in [-0.2, 0) is 0 Å². The molecular weight excluding hydrogens is 230 g/mol. The van der Waals surface area contributed by atoms with Crippen LogP contribution in [0.15, 0.2) is 12.2 Å². The van der Waals surface area contributed by atoms with Crippen molar-refractivity contribution in [3.05, 3.63) is 12.2 Å². The van der Waals surface area contributed by atoms with Crippen molar-refractivity contribution in [2.24, 2.45) is 0 Å². The monoisotopic (exact) mass is 267 g/mol. The lowest BCUT2D eigenvalue weighted by atomic mass is 10.1. The Balaban J connectivity index is 2.99. The van der Waals surface area contributed by atoms with Gasteiger partial charge in [-0.2, -0.15) is 0 Å². The van der Waals surface area contributed by atoms with Crippen molar-refractivity contribution in [1.82, 2.24) is 5.32 Å². The van der Waals surface area contributed by atoms with E-state index in [0.29, 0.717) is 0 Å². The van der Waals surface area contributed by atoms with E-state index in [0.717, 1.165) is 0 Å². The van der Waals surface area contributed by atoms with E-state index in [4.69, 9.17) is 0 Å². The van der Waals surface area contributed by atoms with Crippen molar-refractivity contribution in [2.75, 3.05) is 13.1 Å². The molecule has 1 N–H and O–H groups in total. The van der Waals surface area contributed by atoms with Crippen LogP contribution in [0.4, 0.5) is 0 Å². The Kier molecular flexibility index (Phi) is 17.4. The first-order valence-electron chi connectivity index (χ1n) is 8.77. The topological polar surface area (TPSA) is 12.0 Å². The lowest BCUT2D eigenvalue weighted by Crippen LogP contribution is -2.15. The normalized spacial score (nSPS) is 11.5. The summed E-state index contributed by atoms with van der Waals surface area (Å²) in [6, 6.07) is 0. The fraction of sp³-hybridized carbons (Fsp3) is 0.889. The zero-order valence-electron chi connectivity index (χ0n) is 13.6. The van der Waals surface area contributed by atoms with Gasteiger partial charge in [0.25, 0.3) is 0 Å². The summed E-state index contributed by atoms with van der Waals surface area (Å²) in [6.07, 6.45) is 21.1. The van der Waals surface area contributed by atoms with Gasteiger partial charge in [0.05, 0.1) is 0 Å². The molecule has 0 amide bonds. The molecule has 1 heteroatoms. The van der Waals surface area contributed by atoms with Gasteiger partial charge in [-0.1, -0.05) is 64.5 Å². The first kappa shape index (κ1) is 18.7. The van der Waals surface area contributed by atoms with Crippen LogP contribution < -0.4 is 5.32 Å². The Hall–Kier alpha value is -0.300. The molecule has 0 spiro atoms. The van der Waals surface area contributed by atoms with Crippen LogP contribution in [0.25, 0.3) is 0 Å². The van der Waals surface area contributed by atoms with E-state index in [1.807, 2.05) is 0 Å². The zero-order chi connectivity index (χ0) is 14.0. The third-order valence-electron chi connectivity index (χ3n) is 3.54. The molecule has 0 aromatic carbocycles. The van der Waals surface area contributed by atoms with E-state index >= 15 is 0 Å². The molecule has 0 heterocycles. The lowest BCUT2D eigenvalue weighted by molar-refractivity contribution is 0.575. The van der Waals surface area contributed by atoms with Crippen LogP contribution >= 0.6 is 0 Å². The van der Waals surface area contributed by atoms with Crippen LogP contribution in [0.5, 0.6) is 0 Å². The highest BCUT2D eigenvalue weighted by molar-refractivity contribution is 4.81. The fourth-order valence-corrected chi connectivity index (χ4v) is 2.27. The molecule has 0 unspecified atom stereocenters. The van der Waals surface area contributed by atoms with Crippen LogP contribution in [0.1, 0.15) is 90.9 Å². The molecule has 1 nitrogen and oxygen atoms in total. The number of rotatable bonds is 15. The highest BCUT2D eigenvalue weighted by atomic mass is 14.8. The van der Waals surface area contributed by atoms with Crippen molar-refractivity contribution in [3.63, 3.8) is 0 Å². The fourth-order valence-electron chi connectivity index (χ4n) is 2.27. The zero-order valence-corrected chi connectivity index (χ0v) is 13.6. The van der Waals surface area contributed by atoms with Crippen LogP contribution in [0.2, 0.25) is 0 Å². The van der Waals surface area contributed by atoms with Crippen molar-refractivity contribution in [2.45, 2.75) is 90.9 Å². The van der Waals surface area contributed by atoms with Crippen LogP contribution in [-0.4, -0.2) is 13.1 Å². The largest absolute Gasteiger partial charge is 0.317 e. The van der Waals surface area contributed by atoms with Crippen molar-refractivity contribution >= 4 is 0 Å². The van der Waals surface area contributed by atoms with Gasteiger partial charge in [-0.15, -0.1) is 0 Å². The average Bonchev–Trinajstić information content (AvgIpc) is 2.43. The SMILES string of the molecule is CCCCCC/C=C/CCCCCCCNCCC. The second-order valence-corrected chi connectivity index (χ2v) is 5.63. The Labute approximate surface area is 122 Å². The van der Waals surface area contributed by atoms with Crippen molar-refractivity contribution in [1.29, 1.82) is 0 Å². The Bertz CT molecular complexity index is 175. The molecule has 0 atom stereocenters. The maximum Gasteiger partial charge on any atom is -0.00489 e. The van der Waals surface area contributed by atoms with Gasteiger partial charge >= 0.3 is 0 Å². The molecule has 0 radical (unpaired) electrons. The molecular formula is C18H37N. The third-order valence-corrected chi connectivity index (χ3v) is 3.54. The maximum atomic E-state index is 3.46. The molecule has 0 aromatic rings. The van der Waals surface area contributed by atoms with E-state index in [1.165, 1.54) is 90.1 Å². The summed E-state index contributed by atoms with van der Waals surface area (Å²) >= 11 is 0. The molecule has 0 saturated carbocycles. The quantitative estimate of drug-likeness (QED) is 0.290. The number of allylic oxidation sites excluding steroid dienone is 2. The lowest BCUT2D eigenvalue weighted by Gasteiger charge is -2.02. The Morgan fingerprint density at radius 3 is 1.79 bits per heavy atom. The molecule has 0 fully saturated rings. The summed E-state index contributed by atoms with van der Waals surface area (Å²) in [5.41, 5.74) is 0. The van der Waals surface area contributed by atoms with E-state index in [-0.39, 0.29) is 0 Å². The first-order chi connectivity index (χ1) is 9.41. The van der Waals surface area contributed by atoms with Gasteiger partial charge < -0.3 is 5.32 Å². The van der Waals surface area contributed by atoms with Crippen LogP contribution in [0.3, 0.4) is 0 Å². The molecule has 0 saturated heterocycles. The first-order valence-corrected chi connectivity index (χ1v) is 8.77. The van der Waals surface area contributed by atoms with E-state index in [2.05, 4.69) is 31.3 Å². The average molecular weight is 268 g/mol. The van der Waals surface area contributed by atoms with Crippen molar-refractivity contribution < 1.29 is 0 Å². The summed E-state index contributed by atoms with van der Waals surface area (Å²) in [6.45, 7) is 6.90. The number of unbranched alkanes of at least 4 members (excludes halogenated alkanes) is 9. The Morgan fingerprint density at radius 1 is 0.579 bits per heavy atom. The van der Waals surface area contributed by atoms with Gasteiger partial charge in [-0.25, -0.2) is 0 Å². The van der Waals surface area contributed by atoms with E-state index < -0.39 is 0 Å². The van der Waals surface area contributed by atoms with Crippen LogP contribution in [0, 0.1) is 0 Å². The summed E-state index contributed by atoms with van der Waals surface area (Å²) in [7, 11) is 0. The number of hydrogen-bond donors (Lipinski definition) is 1. The summed E-state index contributed by atoms with van der Waals surface area (Å²) in [5, 5.41) is 3.46. The van der Waals surface area contributed by atoms with Gasteiger partial charge in [0, 0.05) is 0 Å². The summed E-state index contributed by atoms with van der Waals surface area (Å²) < 4.78 is 0. The molecule has 0 aliphatic carbocycles. The minimum Gasteiger partial charge on any atom is -0.317 e. The molecule has 19 heavy (non-hydrogen) atoms. The molecule has 0 aliphatic rings. The summed E-state index contributed by atoms with van der Waals surface area (Å²) in [5.74, 6) is 0. The molecule has 0 rings (SSSR count). The van der Waals surface area contributed by atoms with Gasteiger partial charge in [-0.3, -0.25) is 0 Å². The second kappa shape index (κ2) is 17.7. The van der Waals surface area contributed by atoms with E-state index in [9.17, 15) is 0 Å². The van der Waals surface area contributed by atoms with Gasteiger partial charge in [0.15, 0.2) is 0 Å². The highest BCUT2D eigenvalue weighted by Crippen LogP contribution is 2.07. The number of nitrogens with one attached hydrogen (secondary N) is 1. The molecule has 114 valence electrons. The van der Waals surface area contributed by atoms with Gasteiger partial charge in [-0.05, 0) is 51.6 Å². The maximum absolute atomic E-state index is 3.46. The Morgan fingerprint density at radius 2 is 1.16 bits per heavy atom. The highest BCUT2D eigenvalue weighted by Gasteiger charge is 1.90. The van der Waals surface area contributed by atoms with Crippen molar-refractivity contribution in [3.8, 4) is 0 Å². The molecule has 0 aliphatic heterocycles. The van der Waals surface area contributed by atoms with Gasteiger partial charge in [0.2, 0.25) is 0 Å². The molecule has 0 aromatic heterocycles. The van der Waals surface area contributed by atoms with Gasteiger partial charge in [0.1, 0.15) is 0 Å². The standard InChI is InChI=1S/C18H37N/c1-3-5-6-7-8-9-10-11-12-13-14-15-16-18-19-17-4-2/h9-10,19H,3-8,11-18H2,1-2H3/b10-9+. The second-order valence-electron chi connectivity index (χ2n) is 5.63. The summed E-state index contributed by atoms with van der Waals surface area (Å²) in [4.78, 5) is 0. The smallest absolute Gasteiger partial charge is 0.00489 e. The van der Waals surface area contributed by atoms with E-state index in [1.54, 1.807) is 0 Å². The number of hydrogen-bond acceptors (Lipinski definition) is 1. The predicted molar refractivity (Wildman–Crippen MR) is 88.8 cm³/mol. The minimum atomic E-state index is 1.18. The minimum absolute atomic E-state index is 1.18.